The molecule has 0 saturated carbocycles. The summed E-state index contributed by atoms with van der Waals surface area (Å²) in [5, 5.41) is 6.22. The van der Waals surface area contributed by atoms with E-state index in [4.69, 9.17) is 9.47 Å². The average Bonchev–Trinajstić information content (AvgIpc) is 3.19. The Hall–Kier alpha value is -3.19. The summed E-state index contributed by atoms with van der Waals surface area (Å²) in [6.45, 7) is 7.58. The van der Waals surface area contributed by atoms with Crippen molar-refractivity contribution in [2.75, 3.05) is 20.3 Å². The van der Waals surface area contributed by atoms with Crippen LogP contribution < -0.4 is 10.3 Å². The number of nitrogens with zero attached hydrogens (tertiary/aromatic N) is 3. The van der Waals surface area contributed by atoms with E-state index in [1.807, 2.05) is 30.7 Å². The van der Waals surface area contributed by atoms with Crippen LogP contribution in [0.2, 0.25) is 0 Å². The van der Waals surface area contributed by atoms with Crippen LogP contribution in [0.15, 0.2) is 35.3 Å². The molecule has 1 aliphatic heterocycles. The highest BCUT2D eigenvalue weighted by molar-refractivity contribution is 6.04. The molecule has 1 aromatic carbocycles. The molecule has 160 valence electrons. The van der Waals surface area contributed by atoms with Crippen LogP contribution in [0, 0.1) is 19.8 Å². The summed E-state index contributed by atoms with van der Waals surface area (Å²) < 4.78 is 13.2. The van der Waals surface area contributed by atoms with Gasteiger partial charge in [-0.05, 0) is 43.5 Å². The first kappa shape index (κ1) is 19.8. The topological polar surface area (TPSA) is 82.0 Å². The van der Waals surface area contributed by atoms with E-state index in [1.54, 1.807) is 13.3 Å². The molecule has 7 nitrogen and oxygen atoms in total. The van der Waals surface area contributed by atoms with Gasteiger partial charge in [-0.3, -0.25) is 9.48 Å². The molecular weight excluding hydrogens is 392 g/mol. The number of aromatic amines is 1. The first-order valence-electron chi connectivity index (χ1n) is 10.6. The van der Waals surface area contributed by atoms with Gasteiger partial charge in [0.05, 0.1) is 42.4 Å². The molecule has 7 heteroatoms. The van der Waals surface area contributed by atoms with Crippen LogP contribution >= 0.6 is 0 Å². The van der Waals surface area contributed by atoms with Gasteiger partial charge in [0.25, 0.3) is 5.56 Å². The molecular formula is C24H26N4O3. The molecule has 0 amide bonds. The summed E-state index contributed by atoms with van der Waals surface area (Å²) in [4.78, 5) is 20.5. The van der Waals surface area contributed by atoms with E-state index in [-0.39, 0.29) is 11.6 Å². The molecule has 4 heterocycles. The number of fused-ring (bicyclic) bond motifs is 3. The Labute approximate surface area is 180 Å². The van der Waals surface area contributed by atoms with E-state index < -0.39 is 0 Å². The SMILES string of the molecule is COc1nc(C)cc(C)c1-c1ccc2c(c1)[nH]c(=O)c1cnn([C@H]3CCOC[C@H]3C)c12. The Morgan fingerprint density at radius 3 is 2.84 bits per heavy atom. The predicted octanol–water partition coefficient (Wildman–Crippen LogP) is 4.16. The number of pyridine rings is 2. The van der Waals surface area contributed by atoms with Crippen molar-refractivity contribution in [3.63, 3.8) is 0 Å². The number of hydrogen-bond acceptors (Lipinski definition) is 5. The molecule has 1 fully saturated rings. The number of aromatic nitrogens is 4. The predicted molar refractivity (Wildman–Crippen MR) is 121 cm³/mol. The van der Waals surface area contributed by atoms with Crippen LogP contribution in [-0.4, -0.2) is 40.1 Å². The maximum atomic E-state index is 12.9. The van der Waals surface area contributed by atoms with Gasteiger partial charge in [-0.1, -0.05) is 19.1 Å². The first-order chi connectivity index (χ1) is 15.0. The van der Waals surface area contributed by atoms with Gasteiger partial charge in [0.2, 0.25) is 5.88 Å². The van der Waals surface area contributed by atoms with Crippen molar-refractivity contribution in [2.24, 2.45) is 5.92 Å². The highest BCUT2D eigenvalue weighted by atomic mass is 16.5. The molecule has 0 bridgehead atoms. The zero-order valence-corrected chi connectivity index (χ0v) is 18.2. The van der Waals surface area contributed by atoms with Crippen molar-refractivity contribution in [2.45, 2.75) is 33.2 Å². The Bertz CT molecular complexity index is 1350. The fourth-order valence-electron chi connectivity index (χ4n) is 4.78. The van der Waals surface area contributed by atoms with E-state index in [2.05, 4.69) is 34.1 Å². The standard InChI is InChI=1S/C24H26N4O3/c1-13-9-15(3)26-24(30-4)21(13)16-5-6-17-19(10-16)27-23(29)18-11-25-28(22(17)18)20-7-8-31-12-14(20)2/h5-6,9-11,14,20H,7-8,12H2,1-4H3,(H,27,29)/t14-,20+/m1/s1. The monoisotopic (exact) mass is 418 g/mol. The number of nitrogens with one attached hydrogen (secondary N) is 1. The lowest BCUT2D eigenvalue weighted by Crippen LogP contribution is -2.28. The van der Waals surface area contributed by atoms with Crippen LogP contribution in [0.3, 0.4) is 0 Å². The van der Waals surface area contributed by atoms with Gasteiger partial charge in [0.1, 0.15) is 0 Å². The normalized spacial score (nSPS) is 19.2. The summed E-state index contributed by atoms with van der Waals surface area (Å²) in [6, 6.07) is 8.37. The first-order valence-corrected chi connectivity index (χ1v) is 10.6. The number of ether oxygens (including phenoxy) is 2. The zero-order chi connectivity index (χ0) is 21.7. The van der Waals surface area contributed by atoms with E-state index in [0.717, 1.165) is 45.2 Å². The highest BCUT2D eigenvalue weighted by Gasteiger charge is 2.27. The fourth-order valence-corrected chi connectivity index (χ4v) is 4.78. The van der Waals surface area contributed by atoms with Crippen LogP contribution in [0.1, 0.15) is 30.6 Å². The third-order valence-electron chi connectivity index (χ3n) is 6.27. The van der Waals surface area contributed by atoms with E-state index >= 15 is 0 Å². The number of H-pyrrole nitrogens is 1. The lowest BCUT2D eigenvalue weighted by Gasteiger charge is -2.29. The average molecular weight is 418 g/mol. The summed E-state index contributed by atoms with van der Waals surface area (Å²) in [6.07, 6.45) is 2.57. The minimum atomic E-state index is -0.128. The number of rotatable bonds is 3. The Morgan fingerprint density at radius 2 is 2.06 bits per heavy atom. The Kier molecular flexibility index (Phi) is 4.78. The van der Waals surface area contributed by atoms with Crippen LogP contribution in [-0.2, 0) is 4.74 Å². The summed E-state index contributed by atoms with van der Waals surface area (Å²) >= 11 is 0. The quantitative estimate of drug-likeness (QED) is 0.540. The number of methoxy groups -OCH3 is 1. The van der Waals surface area contributed by atoms with Crippen LogP contribution in [0.5, 0.6) is 5.88 Å². The maximum absolute atomic E-state index is 12.9. The van der Waals surface area contributed by atoms with Gasteiger partial charge >= 0.3 is 0 Å². The van der Waals surface area contributed by atoms with Crippen molar-refractivity contribution in [1.29, 1.82) is 0 Å². The van der Waals surface area contributed by atoms with Gasteiger partial charge in [0.15, 0.2) is 0 Å². The molecule has 2 atom stereocenters. The maximum Gasteiger partial charge on any atom is 0.259 e. The molecule has 1 saturated heterocycles. The lowest BCUT2D eigenvalue weighted by molar-refractivity contribution is 0.0264. The fraction of sp³-hybridized carbons (Fsp3) is 0.375. The second-order valence-electron chi connectivity index (χ2n) is 8.44. The number of aryl methyl sites for hydroxylation is 2. The summed E-state index contributed by atoms with van der Waals surface area (Å²) in [5.74, 6) is 0.914. The second-order valence-corrected chi connectivity index (χ2v) is 8.44. The molecule has 0 spiro atoms. The van der Waals surface area contributed by atoms with E-state index in [1.165, 1.54) is 0 Å². The van der Waals surface area contributed by atoms with E-state index in [9.17, 15) is 4.79 Å². The molecule has 4 aromatic rings. The molecule has 31 heavy (non-hydrogen) atoms. The Morgan fingerprint density at radius 1 is 1.23 bits per heavy atom. The van der Waals surface area contributed by atoms with Gasteiger partial charge in [-0.25, -0.2) is 4.98 Å². The highest BCUT2D eigenvalue weighted by Crippen LogP contribution is 2.36. The molecule has 1 aliphatic rings. The molecule has 3 aromatic heterocycles. The number of hydrogen-bond donors (Lipinski definition) is 1. The summed E-state index contributed by atoms with van der Waals surface area (Å²) in [7, 11) is 1.63. The van der Waals surface area contributed by atoms with Crippen molar-refractivity contribution in [3.05, 3.63) is 52.1 Å². The molecule has 5 rings (SSSR count). The third-order valence-corrected chi connectivity index (χ3v) is 6.27. The van der Waals surface area contributed by atoms with Crippen molar-refractivity contribution in [3.8, 4) is 17.0 Å². The minimum Gasteiger partial charge on any atom is -0.481 e. The van der Waals surface area contributed by atoms with Crippen molar-refractivity contribution < 1.29 is 9.47 Å². The smallest absolute Gasteiger partial charge is 0.259 e. The van der Waals surface area contributed by atoms with Gasteiger partial charge in [-0.15, -0.1) is 0 Å². The number of benzene rings is 1. The second kappa shape index (κ2) is 7.50. The third kappa shape index (κ3) is 3.20. The lowest BCUT2D eigenvalue weighted by atomic mass is 9.97. The van der Waals surface area contributed by atoms with Crippen LogP contribution in [0.25, 0.3) is 32.9 Å². The minimum absolute atomic E-state index is 0.128. The van der Waals surface area contributed by atoms with E-state index in [0.29, 0.717) is 30.4 Å². The molecule has 1 N–H and O–H groups in total. The van der Waals surface area contributed by atoms with Gasteiger partial charge in [-0.2, -0.15) is 5.10 Å². The van der Waals surface area contributed by atoms with Crippen LogP contribution in [0.4, 0.5) is 0 Å². The summed E-state index contributed by atoms with van der Waals surface area (Å²) in [5.41, 5.74) is 5.40. The van der Waals surface area contributed by atoms with Crippen molar-refractivity contribution in [1.82, 2.24) is 19.7 Å². The molecule has 0 radical (unpaired) electrons. The molecule has 0 unspecified atom stereocenters. The Balaban J connectivity index is 1.74. The zero-order valence-electron chi connectivity index (χ0n) is 18.2. The van der Waals surface area contributed by atoms with Gasteiger partial charge < -0.3 is 14.5 Å². The molecule has 0 aliphatic carbocycles. The van der Waals surface area contributed by atoms with Gasteiger partial charge in [0, 0.05) is 29.2 Å². The largest absolute Gasteiger partial charge is 0.481 e. The van der Waals surface area contributed by atoms with Crippen molar-refractivity contribution >= 4 is 21.8 Å².